The summed E-state index contributed by atoms with van der Waals surface area (Å²) in [6.45, 7) is 2.52. The van der Waals surface area contributed by atoms with E-state index in [4.69, 9.17) is 10.5 Å². The summed E-state index contributed by atoms with van der Waals surface area (Å²) in [6, 6.07) is 18.2. The molecule has 4 rings (SSSR count). The van der Waals surface area contributed by atoms with Gasteiger partial charge in [-0.1, -0.05) is 18.2 Å². The van der Waals surface area contributed by atoms with Crippen LogP contribution in [0, 0.1) is 0 Å². The summed E-state index contributed by atoms with van der Waals surface area (Å²) in [7, 11) is 0. The molecule has 0 saturated carbocycles. The van der Waals surface area contributed by atoms with Crippen molar-refractivity contribution < 1.29 is 9.53 Å². The zero-order chi connectivity index (χ0) is 18.6. The number of nitrogens with zero attached hydrogens (tertiary/aromatic N) is 3. The van der Waals surface area contributed by atoms with Crippen molar-refractivity contribution in [2.24, 2.45) is 5.73 Å². The van der Waals surface area contributed by atoms with Gasteiger partial charge in [0.05, 0.1) is 11.7 Å². The first-order chi connectivity index (χ1) is 13.2. The van der Waals surface area contributed by atoms with Crippen molar-refractivity contribution in [1.82, 2.24) is 14.5 Å². The predicted molar refractivity (Wildman–Crippen MR) is 102 cm³/mol. The number of nitrogens with two attached hydrogens (primary N) is 1. The van der Waals surface area contributed by atoms with Crippen molar-refractivity contribution in [2.45, 2.75) is 19.1 Å². The van der Waals surface area contributed by atoms with E-state index in [-0.39, 0.29) is 12.6 Å². The smallest absolute Gasteiger partial charge is 0.255 e. The normalized spacial score (nSPS) is 16.7. The topological polar surface area (TPSA) is 73.4 Å². The molecule has 0 spiro atoms. The summed E-state index contributed by atoms with van der Waals surface area (Å²) in [5.74, 6) is 0.175. The first-order valence-electron chi connectivity index (χ1n) is 9.01. The molecular formula is C21H22N4O2. The standard InChI is InChI=1S/C21H22N4O2/c22-20(26)15-27-17-6-3-5-16(13-17)14-25-12-11-24-10-4-8-19(24)21(25)18-7-1-2-9-23-18/h1-10,13,21H,11-12,14-15H2,(H2,22,26). The molecule has 2 N–H and O–H groups in total. The van der Waals surface area contributed by atoms with Gasteiger partial charge in [0, 0.05) is 37.7 Å². The third kappa shape index (κ3) is 3.85. The maximum atomic E-state index is 10.9. The molecule has 0 fully saturated rings. The predicted octanol–water partition coefficient (Wildman–Crippen LogP) is 2.35. The molecule has 0 radical (unpaired) electrons. The summed E-state index contributed by atoms with van der Waals surface area (Å²) >= 11 is 0. The molecule has 1 aromatic carbocycles. The van der Waals surface area contributed by atoms with Crippen molar-refractivity contribution >= 4 is 5.91 Å². The maximum absolute atomic E-state index is 10.9. The summed E-state index contributed by atoms with van der Waals surface area (Å²) in [4.78, 5) is 18.0. The number of benzene rings is 1. The molecule has 0 aliphatic carbocycles. The number of rotatable bonds is 6. The first-order valence-corrected chi connectivity index (χ1v) is 9.01. The molecule has 3 heterocycles. The van der Waals surface area contributed by atoms with E-state index in [1.165, 1.54) is 5.69 Å². The minimum Gasteiger partial charge on any atom is -0.484 e. The zero-order valence-electron chi connectivity index (χ0n) is 15.0. The van der Waals surface area contributed by atoms with Crippen LogP contribution < -0.4 is 10.5 Å². The largest absolute Gasteiger partial charge is 0.484 e. The lowest BCUT2D eigenvalue weighted by molar-refractivity contribution is -0.119. The van der Waals surface area contributed by atoms with Crippen LogP contribution in [0.5, 0.6) is 5.75 Å². The molecule has 2 aromatic heterocycles. The molecule has 1 atom stereocenters. The number of primary amides is 1. The van der Waals surface area contributed by atoms with Gasteiger partial charge in [-0.3, -0.25) is 14.7 Å². The van der Waals surface area contributed by atoms with Gasteiger partial charge in [0.15, 0.2) is 6.61 Å². The maximum Gasteiger partial charge on any atom is 0.255 e. The molecule has 1 aliphatic heterocycles. The molecule has 0 bridgehead atoms. The third-order valence-electron chi connectivity index (χ3n) is 4.77. The van der Waals surface area contributed by atoms with Gasteiger partial charge in [-0.2, -0.15) is 0 Å². The van der Waals surface area contributed by atoms with Crippen LogP contribution >= 0.6 is 0 Å². The number of aromatic nitrogens is 2. The lowest BCUT2D eigenvalue weighted by Gasteiger charge is -2.36. The number of hydrogen-bond acceptors (Lipinski definition) is 4. The number of fused-ring (bicyclic) bond motifs is 1. The van der Waals surface area contributed by atoms with Crippen LogP contribution in [0.4, 0.5) is 0 Å². The molecule has 0 saturated heterocycles. The van der Waals surface area contributed by atoms with E-state index in [0.717, 1.165) is 30.9 Å². The van der Waals surface area contributed by atoms with Crippen LogP contribution in [0.3, 0.4) is 0 Å². The SMILES string of the molecule is NC(=O)COc1cccc(CN2CCn3cccc3C2c2ccccn2)c1. The Hall–Kier alpha value is -3.12. The van der Waals surface area contributed by atoms with Crippen molar-refractivity contribution in [1.29, 1.82) is 0 Å². The number of amides is 1. The van der Waals surface area contributed by atoms with E-state index in [9.17, 15) is 4.79 Å². The van der Waals surface area contributed by atoms with Crippen LogP contribution in [-0.2, 0) is 17.9 Å². The Labute approximate surface area is 158 Å². The van der Waals surface area contributed by atoms with Crippen molar-refractivity contribution in [3.63, 3.8) is 0 Å². The van der Waals surface area contributed by atoms with Crippen LogP contribution in [-0.4, -0.2) is 33.5 Å². The van der Waals surface area contributed by atoms with Gasteiger partial charge in [-0.05, 0) is 42.0 Å². The van der Waals surface area contributed by atoms with Gasteiger partial charge in [-0.25, -0.2) is 0 Å². The van der Waals surface area contributed by atoms with E-state index < -0.39 is 5.91 Å². The molecule has 3 aromatic rings. The number of carbonyl (C=O) groups excluding carboxylic acids is 1. The van der Waals surface area contributed by atoms with Crippen molar-refractivity contribution in [2.75, 3.05) is 13.2 Å². The highest BCUT2D eigenvalue weighted by molar-refractivity contribution is 5.75. The Kier molecular flexibility index (Phi) is 4.89. The Bertz CT molecular complexity index is 923. The highest BCUT2D eigenvalue weighted by atomic mass is 16.5. The fraction of sp³-hybridized carbons (Fsp3) is 0.238. The number of hydrogen-bond donors (Lipinski definition) is 1. The van der Waals surface area contributed by atoms with Crippen molar-refractivity contribution in [3.8, 4) is 5.75 Å². The van der Waals surface area contributed by atoms with E-state index in [1.54, 1.807) is 0 Å². The van der Waals surface area contributed by atoms with Crippen molar-refractivity contribution in [3.05, 3.63) is 83.9 Å². The number of pyridine rings is 1. The summed E-state index contributed by atoms with van der Waals surface area (Å²) in [5.41, 5.74) is 8.58. The lowest BCUT2D eigenvalue weighted by atomic mass is 10.0. The molecule has 1 aliphatic rings. The molecule has 1 amide bonds. The van der Waals surface area contributed by atoms with E-state index in [1.807, 2.05) is 36.5 Å². The van der Waals surface area contributed by atoms with Crippen LogP contribution in [0.1, 0.15) is 23.0 Å². The Morgan fingerprint density at radius 1 is 1.15 bits per heavy atom. The summed E-state index contributed by atoms with van der Waals surface area (Å²) in [5, 5.41) is 0. The average Bonchev–Trinajstić information content (AvgIpc) is 3.16. The Morgan fingerprint density at radius 2 is 2.07 bits per heavy atom. The fourth-order valence-corrected chi connectivity index (χ4v) is 3.60. The second-order valence-electron chi connectivity index (χ2n) is 6.66. The summed E-state index contributed by atoms with van der Waals surface area (Å²) in [6.07, 6.45) is 3.97. The molecule has 138 valence electrons. The summed E-state index contributed by atoms with van der Waals surface area (Å²) < 4.78 is 7.74. The first kappa shape index (κ1) is 17.3. The van der Waals surface area contributed by atoms with Gasteiger partial charge >= 0.3 is 0 Å². The molecule has 6 nitrogen and oxygen atoms in total. The monoisotopic (exact) mass is 362 g/mol. The number of carbonyl (C=O) groups is 1. The molecule has 1 unspecified atom stereocenters. The van der Waals surface area contributed by atoms with Gasteiger partial charge in [0.2, 0.25) is 0 Å². The average molecular weight is 362 g/mol. The zero-order valence-corrected chi connectivity index (χ0v) is 15.0. The third-order valence-corrected chi connectivity index (χ3v) is 4.77. The quantitative estimate of drug-likeness (QED) is 0.731. The Balaban J connectivity index is 1.59. The minimum atomic E-state index is -0.479. The van der Waals surface area contributed by atoms with E-state index in [0.29, 0.717) is 5.75 Å². The van der Waals surface area contributed by atoms with Gasteiger partial charge in [0.1, 0.15) is 5.75 Å². The van der Waals surface area contributed by atoms with Crippen LogP contribution in [0.15, 0.2) is 67.0 Å². The molecule has 27 heavy (non-hydrogen) atoms. The fourth-order valence-electron chi connectivity index (χ4n) is 3.60. The Morgan fingerprint density at radius 3 is 2.89 bits per heavy atom. The van der Waals surface area contributed by atoms with E-state index >= 15 is 0 Å². The van der Waals surface area contributed by atoms with E-state index in [2.05, 4.69) is 44.9 Å². The highest BCUT2D eigenvalue weighted by Crippen LogP contribution is 2.32. The second kappa shape index (κ2) is 7.63. The van der Waals surface area contributed by atoms with Gasteiger partial charge in [-0.15, -0.1) is 0 Å². The van der Waals surface area contributed by atoms with Crippen LogP contribution in [0.25, 0.3) is 0 Å². The van der Waals surface area contributed by atoms with Gasteiger partial charge in [0.25, 0.3) is 5.91 Å². The number of ether oxygens (including phenoxy) is 1. The van der Waals surface area contributed by atoms with Gasteiger partial charge < -0.3 is 15.0 Å². The highest BCUT2D eigenvalue weighted by Gasteiger charge is 2.29. The second-order valence-corrected chi connectivity index (χ2v) is 6.66. The lowest BCUT2D eigenvalue weighted by Crippen LogP contribution is -2.38. The molecular weight excluding hydrogens is 340 g/mol. The molecule has 6 heteroatoms. The van der Waals surface area contributed by atoms with Crippen LogP contribution in [0.2, 0.25) is 0 Å². The minimum absolute atomic E-state index is 0.102.